The van der Waals surface area contributed by atoms with Crippen molar-refractivity contribution in [2.75, 3.05) is 18.8 Å². The van der Waals surface area contributed by atoms with Crippen molar-refractivity contribution in [2.24, 2.45) is 5.92 Å². The fraction of sp³-hybridized carbons (Fsp3) is 0.450. The molecule has 130 valence electrons. The van der Waals surface area contributed by atoms with E-state index < -0.39 is 0 Å². The molecule has 0 radical (unpaired) electrons. The van der Waals surface area contributed by atoms with E-state index in [1.165, 1.54) is 18.2 Å². The van der Waals surface area contributed by atoms with Crippen LogP contribution in [0.1, 0.15) is 36.5 Å². The lowest BCUT2D eigenvalue weighted by molar-refractivity contribution is -0.130. The first-order valence-corrected chi connectivity index (χ1v) is 9.69. The molecule has 1 aliphatic heterocycles. The number of rotatable bonds is 3. The molecule has 0 N–H and O–H groups in total. The summed E-state index contributed by atoms with van der Waals surface area (Å²) in [6, 6.07) is 8.25. The first-order chi connectivity index (χ1) is 12.0. The van der Waals surface area contributed by atoms with E-state index in [2.05, 4.69) is 24.0 Å². The monoisotopic (exact) mass is 353 g/mol. The molecule has 0 saturated carbocycles. The van der Waals surface area contributed by atoms with E-state index in [0.29, 0.717) is 22.3 Å². The normalized spacial score (nSPS) is 17.5. The minimum atomic E-state index is 0.141. The maximum absolute atomic E-state index is 12.5. The number of likely N-dealkylation sites (tertiary alicyclic amines) is 1. The summed E-state index contributed by atoms with van der Waals surface area (Å²) in [5, 5.41) is 11.1. The first kappa shape index (κ1) is 17.8. The predicted octanol–water partition coefficient (Wildman–Crippen LogP) is 4.07. The highest BCUT2D eigenvalue weighted by molar-refractivity contribution is 8.00. The maximum Gasteiger partial charge on any atom is 0.232 e. The van der Waals surface area contributed by atoms with Gasteiger partial charge in [0.1, 0.15) is 11.1 Å². The molecule has 1 saturated heterocycles. The number of carbonyl (C=O) groups is 1. The molecule has 0 unspecified atom stereocenters. The van der Waals surface area contributed by atoms with E-state index in [-0.39, 0.29) is 5.91 Å². The zero-order chi connectivity index (χ0) is 18.0. The van der Waals surface area contributed by atoms with Gasteiger partial charge in [0.15, 0.2) is 0 Å². The second-order valence-corrected chi connectivity index (χ2v) is 7.94. The third kappa shape index (κ3) is 3.96. The molecular formula is C20H23N3OS. The summed E-state index contributed by atoms with van der Waals surface area (Å²) < 4.78 is 0. The summed E-state index contributed by atoms with van der Waals surface area (Å²) in [6.45, 7) is 7.95. The van der Waals surface area contributed by atoms with Crippen molar-refractivity contribution >= 4 is 28.6 Å². The number of fused-ring (bicyclic) bond motifs is 1. The number of amides is 1. The number of benzene rings is 1. The molecule has 1 amide bonds. The zero-order valence-corrected chi connectivity index (χ0v) is 15.8. The van der Waals surface area contributed by atoms with Crippen LogP contribution >= 0.6 is 11.8 Å². The van der Waals surface area contributed by atoms with Gasteiger partial charge in [0.05, 0.1) is 16.8 Å². The molecule has 4 nitrogen and oxygen atoms in total. The summed E-state index contributed by atoms with van der Waals surface area (Å²) in [6.07, 6.45) is 2.27. The molecule has 1 fully saturated rings. The Kier molecular flexibility index (Phi) is 5.29. The fourth-order valence-corrected chi connectivity index (χ4v) is 4.31. The third-order valence-electron chi connectivity index (χ3n) is 4.71. The lowest BCUT2D eigenvalue weighted by Gasteiger charge is -2.30. The number of nitrogens with zero attached hydrogens (tertiary/aromatic N) is 3. The largest absolute Gasteiger partial charge is 0.342 e. The smallest absolute Gasteiger partial charge is 0.232 e. The summed E-state index contributed by atoms with van der Waals surface area (Å²) in [5.74, 6) is 1.05. The second-order valence-electron chi connectivity index (χ2n) is 6.98. The van der Waals surface area contributed by atoms with Gasteiger partial charge >= 0.3 is 0 Å². The number of aromatic nitrogens is 1. The summed E-state index contributed by atoms with van der Waals surface area (Å²) in [4.78, 5) is 19.1. The van der Waals surface area contributed by atoms with Gasteiger partial charge in [0, 0.05) is 18.5 Å². The van der Waals surface area contributed by atoms with Crippen LogP contribution < -0.4 is 0 Å². The molecule has 25 heavy (non-hydrogen) atoms. The van der Waals surface area contributed by atoms with Crippen molar-refractivity contribution in [3.8, 4) is 6.07 Å². The highest BCUT2D eigenvalue weighted by atomic mass is 32.2. The van der Waals surface area contributed by atoms with Crippen molar-refractivity contribution in [1.29, 1.82) is 5.26 Å². The van der Waals surface area contributed by atoms with Gasteiger partial charge < -0.3 is 4.90 Å². The van der Waals surface area contributed by atoms with E-state index in [1.807, 2.05) is 30.9 Å². The van der Waals surface area contributed by atoms with Gasteiger partial charge in [-0.1, -0.05) is 24.8 Å². The number of hydrogen-bond donors (Lipinski definition) is 0. The van der Waals surface area contributed by atoms with E-state index >= 15 is 0 Å². The van der Waals surface area contributed by atoms with Gasteiger partial charge in [-0.05, 0) is 55.9 Å². The summed E-state index contributed by atoms with van der Waals surface area (Å²) >= 11 is 1.38. The number of hydrogen-bond acceptors (Lipinski definition) is 4. The van der Waals surface area contributed by atoms with Crippen molar-refractivity contribution in [2.45, 2.75) is 38.6 Å². The topological polar surface area (TPSA) is 57.0 Å². The van der Waals surface area contributed by atoms with Crippen LogP contribution in [0, 0.1) is 31.1 Å². The Labute approximate surface area is 153 Å². The Balaban J connectivity index is 1.81. The third-order valence-corrected chi connectivity index (χ3v) is 5.69. The Hall–Kier alpha value is -2.06. The molecule has 2 heterocycles. The zero-order valence-electron chi connectivity index (χ0n) is 15.0. The van der Waals surface area contributed by atoms with Gasteiger partial charge in [0.25, 0.3) is 0 Å². The van der Waals surface area contributed by atoms with Crippen molar-refractivity contribution in [3.05, 3.63) is 34.9 Å². The summed E-state index contributed by atoms with van der Waals surface area (Å²) in [7, 11) is 0. The number of nitriles is 1. The molecule has 1 atom stereocenters. The van der Waals surface area contributed by atoms with Crippen LogP contribution in [0.3, 0.4) is 0 Å². The summed E-state index contributed by atoms with van der Waals surface area (Å²) in [5.41, 5.74) is 3.70. The molecular weight excluding hydrogens is 330 g/mol. The minimum absolute atomic E-state index is 0.141. The first-order valence-electron chi connectivity index (χ1n) is 8.70. The minimum Gasteiger partial charge on any atom is -0.342 e. The molecule has 1 aromatic carbocycles. The van der Waals surface area contributed by atoms with Gasteiger partial charge in [-0.2, -0.15) is 5.26 Å². The lowest BCUT2D eigenvalue weighted by Crippen LogP contribution is -2.40. The van der Waals surface area contributed by atoms with Gasteiger partial charge in [-0.3, -0.25) is 4.79 Å². The second kappa shape index (κ2) is 7.45. The van der Waals surface area contributed by atoms with E-state index in [4.69, 9.17) is 0 Å². The number of carbonyl (C=O) groups excluding carboxylic acids is 1. The van der Waals surface area contributed by atoms with Gasteiger partial charge in [-0.15, -0.1) is 0 Å². The number of piperidine rings is 1. The molecule has 5 heteroatoms. The van der Waals surface area contributed by atoms with Crippen molar-refractivity contribution in [3.63, 3.8) is 0 Å². The standard InChI is InChI=1S/C20H23N3OS/c1-13-5-4-6-23(11-13)19(24)12-25-20-16(10-21)9-17-15(3)7-14(2)8-18(17)22-20/h7-9,13H,4-6,11-12H2,1-3H3/t13-/m0/s1. The molecule has 3 rings (SSSR count). The Morgan fingerprint density at radius 1 is 1.40 bits per heavy atom. The quantitative estimate of drug-likeness (QED) is 0.781. The number of pyridine rings is 1. The van der Waals surface area contributed by atoms with Gasteiger partial charge in [0.2, 0.25) is 5.91 Å². The molecule has 1 aliphatic rings. The average Bonchev–Trinajstić information content (AvgIpc) is 2.58. The molecule has 2 aromatic rings. The van der Waals surface area contributed by atoms with Crippen LogP contribution in [0.5, 0.6) is 0 Å². The number of aryl methyl sites for hydroxylation is 2. The molecule has 1 aromatic heterocycles. The van der Waals surface area contributed by atoms with Crippen LogP contribution in [-0.2, 0) is 4.79 Å². The van der Waals surface area contributed by atoms with E-state index in [9.17, 15) is 10.1 Å². The Morgan fingerprint density at radius 3 is 2.92 bits per heavy atom. The van der Waals surface area contributed by atoms with Gasteiger partial charge in [-0.25, -0.2) is 4.98 Å². The number of thioether (sulfide) groups is 1. The van der Waals surface area contributed by atoms with Crippen molar-refractivity contribution in [1.82, 2.24) is 9.88 Å². The highest BCUT2D eigenvalue weighted by Gasteiger charge is 2.21. The lowest BCUT2D eigenvalue weighted by atomic mass is 10.0. The van der Waals surface area contributed by atoms with Crippen LogP contribution in [-0.4, -0.2) is 34.6 Å². The maximum atomic E-state index is 12.5. The molecule has 0 aliphatic carbocycles. The highest BCUT2D eigenvalue weighted by Crippen LogP contribution is 2.28. The van der Waals surface area contributed by atoms with Crippen LogP contribution in [0.2, 0.25) is 0 Å². The Morgan fingerprint density at radius 2 is 2.20 bits per heavy atom. The van der Waals surface area contributed by atoms with Crippen LogP contribution in [0.25, 0.3) is 10.9 Å². The average molecular weight is 353 g/mol. The SMILES string of the molecule is Cc1cc(C)c2cc(C#N)c(SCC(=O)N3CCC[C@H](C)C3)nc2c1. The fourth-order valence-electron chi connectivity index (χ4n) is 3.44. The molecule has 0 bridgehead atoms. The van der Waals surface area contributed by atoms with Crippen LogP contribution in [0.15, 0.2) is 23.2 Å². The van der Waals surface area contributed by atoms with E-state index in [1.54, 1.807) is 0 Å². The van der Waals surface area contributed by atoms with Crippen molar-refractivity contribution < 1.29 is 4.79 Å². The van der Waals surface area contributed by atoms with Crippen LogP contribution in [0.4, 0.5) is 0 Å². The molecule has 0 spiro atoms. The van der Waals surface area contributed by atoms with E-state index in [0.717, 1.165) is 41.5 Å². The Bertz CT molecular complexity index is 856. The predicted molar refractivity (Wildman–Crippen MR) is 102 cm³/mol.